The monoisotopic (exact) mass is 576 g/mol. The first-order chi connectivity index (χ1) is 17.6. The molecule has 1 aromatic heterocycles. The van der Waals surface area contributed by atoms with Crippen molar-refractivity contribution in [1.82, 2.24) is 4.98 Å². The number of aliphatic hydroxyl groups excluding tert-OH is 1. The molecule has 1 aliphatic rings. The van der Waals surface area contributed by atoms with Crippen LogP contribution >= 0.6 is 27.3 Å². The number of methoxy groups -OCH3 is 1. The number of Topliss-reactive ketones (excluding diaryl/α,β-unsaturated/α-hetero) is 1. The van der Waals surface area contributed by atoms with E-state index < -0.39 is 17.7 Å². The van der Waals surface area contributed by atoms with Gasteiger partial charge in [0.05, 0.1) is 33.4 Å². The molecule has 3 aromatic carbocycles. The second kappa shape index (κ2) is 9.43. The van der Waals surface area contributed by atoms with Crippen molar-refractivity contribution >= 4 is 60.1 Å². The van der Waals surface area contributed by atoms with Gasteiger partial charge in [0.15, 0.2) is 5.13 Å². The van der Waals surface area contributed by atoms with Crippen molar-refractivity contribution in [1.29, 1.82) is 0 Å². The molecule has 1 saturated heterocycles. The van der Waals surface area contributed by atoms with Crippen molar-refractivity contribution in [3.8, 4) is 5.75 Å². The van der Waals surface area contributed by atoms with E-state index in [4.69, 9.17) is 4.74 Å². The molecule has 188 valence electrons. The predicted octanol–water partition coefficient (Wildman–Crippen LogP) is 6.99. The van der Waals surface area contributed by atoms with Gasteiger partial charge in [-0.15, -0.1) is 0 Å². The first-order valence-electron chi connectivity index (χ1n) is 11.7. The van der Waals surface area contributed by atoms with Crippen molar-refractivity contribution in [2.45, 2.75) is 32.2 Å². The Kier molecular flexibility index (Phi) is 6.41. The summed E-state index contributed by atoms with van der Waals surface area (Å²) in [5.74, 6) is -1.15. The number of aromatic nitrogens is 1. The van der Waals surface area contributed by atoms with Gasteiger partial charge < -0.3 is 9.84 Å². The summed E-state index contributed by atoms with van der Waals surface area (Å²) in [6.07, 6.45) is 0. The fourth-order valence-electron chi connectivity index (χ4n) is 4.44. The Hall–Kier alpha value is -3.49. The second-order valence-electron chi connectivity index (χ2n) is 9.85. The first kappa shape index (κ1) is 25.2. The molecular weight excluding hydrogens is 552 g/mol. The Morgan fingerprint density at radius 2 is 1.76 bits per heavy atom. The molecule has 0 spiro atoms. The number of thiazole rings is 1. The molecule has 1 aliphatic heterocycles. The van der Waals surface area contributed by atoms with E-state index in [-0.39, 0.29) is 16.7 Å². The van der Waals surface area contributed by atoms with Gasteiger partial charge in [-0.25, -0.2) is 4.98 Å². The molecule has 1 atom stereocenters. The minimum atomic E-state index is -0.838. The van der Waals surface area contributed by atoms with Gasteiger partial charge >= 0.3 is 5.91 Å². The van der Waals surface area contributed by atoms with Crippen LogP contribution in [0.2, 0.25) is 0 Å². The van der Waals surface area contributed by atoms with Crippen LogP contribution in [0.4, 0.5) is 5.13 Å². The van der Waals surface area contributed by atoms with Crippen molar-refractivity contribution in [2.75, 3.05) is 12.0 Å². The summed E-state index contributed by atoms with van der Waals surface area (Å²) < 4.78 is 6.81. The number of para-hydroxylation sites is 1. The number of hydrogen-bond acceptors (Lipinski definition) is 6. The van der Waals surface area contributed by atoms with Crippen LogP contribution in [0.15, 0.2) is 76.8 Å². The molecule has 1 fully saturated rings. The minimum absolute atomic E-state index is 0.0184. The van der Waals surface area contributed by atoms with E-state index in [9.17, 15) is 14.7 Å². The van der Waals surface area contributed by atoms with Gasteiger partial charge in [-0.2, -0.15) is 0 Å². The van der Waals surface area contributed by atoms with Crippen LogP contribution in [0.5, 0.6) is 5.75 Å². The van der Waals surface area contributed by atoms with E-state index in [0.717, 1.165) is 15.8 Å². The molecule has 0 bridgehead atoms. The molecule has 1 N–H and O–H groups in total. The quantitative estimate of drug-likeness (QED) is 0.161. The minimum Gasteiger partial charge on any atom is -0.507 e. The van der Waals surface area contributed by atoms with Gasteiger partial charge in [-0.1, -0.05) is 68.5 Å². The number of nitrogens with zero attached hydrogens (tertiary/aromatic N) is 2. The van der Waals surface area contributed by atoms with Gasteiger partial charge in [0.1, 0.15) is 11.5 Å². The highest BCUT2D eigenvalue weighted by Crippen LogP contribution is 2.45. The summed E-state index contributed by atoms with van der Waals surface area (Å²) in [5.41, 5.74) is 2.91. The lowest BCUT2D eigenvalue weighted by Gasteiger charge is -2.24. The van der Waals surface area contributed by atoms with Crippen LogP contribution in [-0.2, 0) is 15.0 Å². The Labute approximate surface area is 227 Å². The van der Waals surface area contributed by atoms with Crippen LogP contribution in [0.25, 0.3) is 16.0 Å². The molecule has 0 aliphatic carbocycles. The molecule has 8 heteroatoms. The smallest absolute Gasteiger partial charge is 0.301 e. The number of rotatable bonds is 4. The lowest BCUT2D eigenvalue weighted by molar-refractivity contribution is -0.132. The Balaban J connectivity index is 1.71. The third-order valence-electron chi connectivity index (χ3n) is 6.45. The molecule has 4 aromatic rings. The van der Waals surface area contributed by atoms with E-state index in [1.807, 2.05) is 48.5 Å². The third-order valence-corrected chi connectivity index (χ3v) is 8.11. The SMILES string of the molecule is COc1ccc(/C(O)=C2\C(=O)C(=O)N(c3nc4ccccc4s3)C2c2ccc(C(C)(C)C)cc2)cc1Br. The number of hydrogen-bond donors (Lipinski definition) is 1. The maximum Gasteiger partial charge on any atom is 0.301 e. The lowest BCUT2D eigenvalue weighted by atomic mass is 9.85. The summed E-state index contributed by atoms with van der Waals surface area (Å²) in [5, 5.41) is 11.8. The second-order valence-corrected chi connectivity index (χ2v) is 11.7. The van der Waals surface area contributed by atoms with E-state index in [2.05, 4.69) is 41.7 Å². The number of ketones is 1. The molecule has 1 amide bonds. The average Bonchev–Trinajstić information content (AvgIpc) is 3.41. The molecular formula is C29H25BrN2O4S. The highest BCUT2D eigenvalue weighted by Gasteiger charge is 2.48. The topological polar surface area (TPSA) is 79.7 Å². The number of ether oxygens (including phenoxy) is 1. The number of amides is 1. The molecule has 1 unspecified atom stereocenters. The van der Waals surface area contributed by atoms with Crippen molar-refractivity contribution in [3.05, 3.63) is 93.5 Å². The Morgan fingerprint density at radius 3 is 2.38 bits per heavy atom. The van der Waals surface area contributed by atoms with E-state index in [1.54, 1.807) is 25.3 Å². The van der Waals surface area contributed by atoms with Crippen molar-refractivity contribution in [2.24, 2.45) is 0 Å². The van der Waals surface area contributed by atoms with Gasteiger partial charge in [-0.3, -0.25) is 14.5 Å². The third kappa shape index (κ3) is 4.45. The zero-order valence-corrected chi connectivity index (χ0v) is 23.2. The van der Waals surface area contributed by atoms with E-state index in [0.29, 0.717) is 26.5 Å². The highest BCUT2D eigenvalue weighted by atomic mass is 79.9. The van der Waals surface area contributed by atoms with Crippen molar-refractivity contribution < 1.29 is 19.4 Å². The number of carbonyl (C=O) groups excluding carboxylic acids is 2. The van der Waals surface area contributed by atoms with Crippen LogP contribution in [0, 0.1) is 0 Å². The molecule has 37 heavy (non-hydrogen) atoms. The van der Waals surface area contributed by atoms with Crippen LogP contribution < -0.4 is 9.64 Å². The number of anilines is 1. The zero-order chi connectivity index (χ0) is 26.5. The normalized spacial score (nSPS) is 17.5. The fourth-order valence-corrected chi connectivity index (χ4v) is 5.98. The largest absolute Gasteiger partial charge is 0.507 e. The molecule has 5 rings (SSSR count). The summed E-state index contributed by atoms with van der Waals surface area (Å²) in [6, 6.07) is 19.6. The van der Waals surface area contributed by atoms with E-state index in [1.165, 1.54) is 16.2 Å². The Bertz CT molecular complexity index is 1530. The standard InChI is InChI=1S/C29H25BrN2O4S/c1-29(2,3)18-12-9-16(10-13-18)24-23(25(33)17-11-14-21(36-4)19(30)15-17)26(34)27(35)32(24)28-31-20-7-5-6-8-22(20)37-28/h5-15,24,33H,1-4H3/b25-23+. The maximum absolute atomic E-state index is 13.5. The molecule has 2 heterocycles. The lowest BCUT2D eigenvalue weighted by Crippen LogP contribution is -2.29. The average molecular weight is 578 g/mol. The molecule has 0 saturated carbocycles. The summed E-state index contributed by atoms with van der Waals surface area (Å²) in [6.45, 7) is 6.37. The van der Waals surface area contributed by atoms with Crippen LogP contribution in [-0.4, -0.2) is 28.9 Å². The number of benzene rings is 3. The zero-order valence-electron chi connectivity index (χ0n) is 20.8. The van der Waals surface area contributed by atoms with Crippen LogP contribution in [0.1, 0.15) is 43.5 Å². The summed E-state index contributed by atoms with van der Waals surface area (Å²) in [7, 11) is 1.55. The van der Waals surface area contributed by atoms with Crippen molar-refractivity contribution in [3.63, 3.8) is 0 Å². The molecule has 0 radical (unpaired) electrons. The highest BCUT2D eigenvalue weighted by molar-refractivity contribution is 9.10. The van der Waals surface area contributed by atoms with Gasteiger partial charge in [-0.05, 0) is 62.8 Å². The fraction of sp³-hybridized carbons (Fsp3) is 0.207. The number of fused-ring (bicyclic) bond motifs is 1. The van der Waals surface area contributed by atoms with Crippen LogP contribution in [0.3, 0.4) is 0 Å². The number of carbonyl (C=O) groups is 2. The van der Waals surface area contributed by atoms with Gasteiger partial charge in [0, 0.05) is 5.56 Å². The summed E-state index contributed by atoms with van der Waals surface area (Å²) in [4.78, 5) is 33.0. The molecule has 6 nitrogen and oxygen atoms in total. The first-order valence-corrected chi connectivity index (χ1v) is 13.3. The van der Waals surface area contributed by atoms with E-state index >= 15 is 0 Å². The number of aliphatic hydroxyl groups is 1. The van der Waals surface area contributed by atoms with Gasteiger partial charge in [0.25, 0.3) is 5.78 Å². The summed E-state index contributed by atoms with van der Waals surface area (Å²) >= 11 is 4.77. The predicted molar refractivity (Wildman–Crippen MR) is 150 cm³/mol. The number of halogens is 1. The van der Waals surface area contributed by atoms with Gasteiger partial charge in [0.2, 0.25) is 0 Å². The maximum atomic E-state index is 13.5. The Morgan fingerprint density at radius 1 is 1.05 bits per heavy atom.